The fourth-order valence-corrected chi connectivity index (χ4v) is 5.01. The Hall–Kier alpha value is -1.05. The van der Waals surface area contributed by atoms with Crippen molar-refractivity contribution in [2.24, 2.45) is 0 Å². The molecule has 0 aliphatic rings. The zero-order valence-corrected chi connectivity index (χ0v) is 14.9. The first-order valence-electron chi connectivity index (χ1n) is 6.45. The highest BCUT2D eigenvalue weighted by molar-refractivity contribution is 9.10. The van der Waals surface area contributed by atoms with Crippen molar-refractivity contribution in [3.63, 3.8) is 0 Å². The van der Waals surface area contributed by atoms with E-state index in [1.165, 1.54) is 11.3 Å². The van der Waals surface area contributed by atoms with Gasteiger partial charge in [0, 0.05) is 10.5 Å². The number of halogens is 1. The Morgan fingerprint density at radius 1 is 1.38 bits per heavy atom. The lowest BCUT2D eigenvalue weighted by molar-refractivity contribution is 0.217. The van der Waals surface area contributed by atoms with Gasteiger partial charge in [-0.3, -0.25) is 4.72 Å². The fourth-order valence-electron chi connectivity index (χ4n) is 1.62. The molecule has 1 unspecified atom stereocenters. The van der Waals surface area contributed by atoms with Crippen LogP contribution in [0.15, 0.2) is 44.4 Å². The topological polar surface area (TPSA) is 55.4 Å². The third kappa shape index (κ3) is 4.21. The number of ether oxygens (including phenoxy) is 1. The molecule has 4 nitrogen and oxygen atoms in total. The first-order chi connectivity index (χ1) is 9.92. The molecule has 2 rings (SSSR count). The molecule has 7 heteroatoms. The molecule has 1 atom stereocenters. The van der Waals surface area contributed by atoms with E-state index in [1.807, 2.05) is 19.9 Å². The number of hydrogen-bond donors (Lipinski definition) is 1. The van der Waals surface area contributed by atoms with E-state index >= 15 is 0 Å². The van der Waals surface area contributed by atoms with Crippen molar-refractivity contribution < 1.29 is 13.2 Å². The van der Waals surface area contributed by atoms with Gasteiger partial charge in [0.05, 0.1) is 11.8 Å². The molecule has 0 spiro atoms. The third-order valence-electron chi connectivity index (χ3n) is 2.83. The summed E-state index contributed by atoms with van der Waals surface area (Å²) in [6, 6.07) is 8.67. The second-order valence-electron chi connectivity index (χ2n) is 4.53. The van der Waals surface area contributed by atoms with Gasteiger partial charge >= 0.3 is 0 Å². The SMILES string of the molecule is CCC(C)Oc1cccc(NS(=O)(=O)c2sccc2Br)c1. The number of rotatable bonds is 6. The molecule has 0 saturated carbocycles. The second kappa shape index (κ2) is 6.81. The van der Waals surface area contributed by atoms with Crippen molar-refractivity contribution in [1.29, 1.82) is 0 Å². The highest BCUT2D eigenvalue weighted by Crippen LogP contribution is 2.30. The largest absolute Gasteiger partial charge is 0.491 e. The molecule has 1 aromatic heterocycles. The highest BCUT2D eigenvalue weighted by Gasteiger charge is 2.19. The minimum absolute atomic E-state index is 0.0864. The van der Waals surface area contributed by atoms with Crippen LogP contribution in [0.25, 0.3) is 0 Å². The lowest BCUT2D eigenvalue weighted by Crippen LogP contribution is -2.13. The van der Waals surface area contributed by atoms with E-state index in [9.17, 15) is 8.42 Å². The van der Waals surface area contributed by atoms with Crippen LogP contribution >= 0.6 is 27.3 Å². The zero-order valence-electron chi connectivity index (χ0n) is 11.7. The summed E-state index contributed by atoms with van der Waals surface area (Å²) in [5.41, 5.74) is 0.483. The predicted octanol–water partition coefficient (Wildman–Crippen LogP) is 4.49. The molecule has 0 aliphatic carbocycles. The average Bonchev–Trinajstić information content (AvgIpc) is 2.85. The predicted molar refractivity (Wildman–Crippen MR) is 89.7 cm³/mol. The second-order valence-corrected chi connectivity index (χ2v) is 8.17. The summed E-state index contributed by atoms with van der Waals surface area (Å²) in [6.45, 7) is 4.01. The van der Waals surface area contributed by atoms with Gasteiger partial charge in [-0.05, 0) is 52.9 Å². The Kier molecular flexibility index (Phi) is 5.29. The van der Waals surface area contributed by atoms with Gasteiger partial charge in [-0.2, -0.15) is 0 Å². The molecule has 0 radical (unpaired) electrons. The number of hydrogen-bond acceptors (Lipinski definition) is 4. The first-order valence-corrected chi connectivity index (χ1v) is 9.60. The zero-order chi connectivity index (χ0) is 15.5. The van der Waals surface area contributed by atoms with Gasteiger partial charge in [0.1, 0.15) is 5.75 Å². The van der Waals surface area contributed by atoms with Crippen LogP contribution in [0.4, 0.5) is 5.69 Å². The van der Waals surface area contributed by atoms with Crippen LogP contribution in [0, 0.1) is 0 Å². The number of thiophene rings is 1. The summed E-state index contributed by atoms with van der Waals surface area (Å²) in [6.07, 6.45) is 0.973. The fraction of sp³-hybridized carbons (Fsp3) is 0.286. The van der Waals surface area contributed by atoms with E-state index in [0.717, 1.165) is 6.42 Å². The van der Waals surface area contributed by atoms with Gasteiger partial charge in [-0.1, -0.05) is 13.0 Å². The number of sulfonamides is 1. The highest BCUT2D eigenvalue weighted by atomic mass is 79.9. The normalized spacial score (nSPS) is 12.9. The maximum Gasteiger partial charge on any atom is 0.272 e. The first kappa shape index (κ1) is 16.3. The van der Waals surface area contributed by atoms with E-state index in [1.54, 1.807) is 29.6 Å². The Balaban J connectivity index is 2.20. The van der Waals surface area contributed by atoms with Gasteiger partial charge < -0.3 is 4.74 Å². The molecule has 1 heterocycles. The summed E-state index contributed by atoms with van der Waals surface area (Å²) in [5, 5.41) is 1.72. The van der Waals surface area contributed by atoms with Crippen LogP contribution in [-0.4, -0.2) is 14.5 Å². The van der Waals surface area contributed by atoms with Crippen LogP contribution < -0.4 is 9.46 Å². The molecule has 2 aromatic rings. The van der Waals surface area contributed by atoms with Crippen LogP contribution in [-0.2, 0) is 10.0 Å². The molecular weight excluding hydrogens is 374 g/mol. The number of anilines is 1. The molecule has 21 heavy (non-hydrogen) atoms. The van der Waals surface area contributed by atoms with E-state index in [4.69, 9.17) is 4.74 Å². The van der Waals surface area contributed by atoms with Crippen molar-refractivity contribution in [3.8, 4) is 5.75 Å². The van der Waals surface area contributed by atoms with Gasteiger partial charge in [-0.15, -0.1) is 11.3 Å². The van der Waals surface area contributed by atoms with Crippen LogP contribution in [0.1, 0.15) is 20.3 Å². The monoisotopic (exact) mass is 389 g/mol. The van der Waals surface area contributed by atoms with Gasteiger partial charge in [0.25, 0.3) is 10.0 Å². The van der Waals surface area contributed by atoms with Gasteiger partial charge in [-0.25, -0.2) is 8.42 Å². The quantitative estimate of drug-likeness (QED) is 0.791. The molecule has 1 aromatic carbocycles. The standard InChI is InChI=1S/C14H16BrNO3S2/c1-3-10(2)19-12-6-4-5-11(9-12)16-21(17,18)14-13(15)7-8-20-14/h4-10,16H,3H2,1-2H3. The average molecular weight is 390 g/mol. The van der Waals surface area contributed by atoms with Crippen LogP contribution in [0.5, 0.6) is 5.75 Å². The van der Waals surface area contributed by atoms with Crippen molar-refractivity contribution in [2.75, 3.05) is 4.72 Å². The Morgan fingerprint density at radius 3 is 2.76 bits per heavy atom. The Bertz CT molecular complexity index is 713. The van der Waals surface area contributed by atoms with Crippen LogP contribution in [0.3, 0.4) is 0 Å². The molecule has 0 amide bonds. The van der Waals surface area contributed by atoms with Crippen molar-refractivity contribution in [1.82, 2.24) is 0 Å². The molecule has 114 valence electrons. The van der Waals surface area contributed by atoms with Crippen molar-refractivity contribution in [3.05, 3.63) is 40.2 Å². The third-order valence-corrected chi connectivity index (χ3v) is 6.88. The van der Waals surface area contributed by atoms with E-state index in [2.05, 4.69) is 20.7 Å². The molecule has 0 bridgehead atoms. The van der Waals surface area contributed by atoms with E-state index in [0.29, 0.717) is 15.9 Å². The minimum atomic E-state index is -3.59. The van der Waals surface area contributed by atoms with E-state index < -0.39 is 10.0 Å². The Morgan fingerprint density at radius 2 is 2.14 bits per heavy atom. The lowest BCUT2D eigenvalue weighted by atomic mass is 10.3. The number of nitrogens with one attached hydrogen (secondary N) is 1. The summed E-state index contributed by atoms with van der Waals surface area (Å²) in [5.74, 6) is 0.648. The summed E-state index contributed by atoms with van der Waals surface area (Å²) < 4.78 is 33.7. The lowest BCUT2D eigenvalue weighted by Gasteiger charge is -2.14. The van der Waals surface area contributed by atoms with E-state index in [-0.39, 0.29) is 10.3 Å². The molecular formula is C14H16BrNO3S2. The maximum absolute atomic E-state index is 12.3. The molecule has 1 N–H and O–H groups in total. The van der Waals surface area contributed by atoms with Crippen molar-refractivity contribution >= 4 is 43.0 Å². The smallest absolute Gasteiger partial charge is 0.272 e. The summed E-state index contributed by atoms with van der Waals surface area (Å²) in [7, 11) is -3.59. The summed E-state index contributed by atoms with van der Waals surface area (Å²) >= 11 is 4.40. The van der Waals surface area contributed by atoms with Gasteiger partial charge in [0.2, 0.25) is 0 Å². The Labute approximate surface area is 137 Å². The van der Waals surface area contributed by atoms with Gasteiger partial charge in [0.15, 0.2) is 4.21 Å². The molecule has 0 saturated heterocycles. The molecule has 0 aliphatic heterocycles. The summed E-state index contributed by atoms with van der Waals surface area (Å²) in [4.78, 5) is 0. The number of benzene rings is 1. The maximum atomic E-state index is 12.3. The van der Waals surface area contributed by atoms with Crippen LogP contribution in [0.2, 0.25) is 0 Å². The van der Waals surface area contributed by atoms with Crippen molar-refractivity contribution in [2.45, 2.75) is 30.6 Å². The molecule has 0 fully saturated rings. The minimum Gasteiger partial charge on any atom is -0.491 e.